The lowest BCUT2D eigenvalue weighted by Crippen LogP contribution is -2.17. The van der Waals surface area contributed by atoms with Gasteiger partial charge in [-0.1, -0.05) is 65.8 Å². The summed E-state index contributed by atoms with van der Waals surface area (Å²) in [6.07, 6.45) is 0. The molecular formula is C30H30N2O2. The molecule has 5 aromatic rings. The summed E-state index contributed by atoms with van der Waals surface area (Å²) in [5.74, 6) is 0.461. The van der Waals surface area contributed by atoms with E-state index < -0.39 is 0 Å². The topological polar surface area (TPSA) is 66.2 Å². The second-order valence-corrected chi connectivity index (χ2v) is 11.2. The molecule has 5 rings (SSSR count). The minimum atomic E-state index is -0.216. The van der Waals surface area contributed by atoms with Crippen LogP contribution in [0.25, 0.3) is 44.0 Å². The third-order valence-corrected chi connectivity index (χ3v) is 6.52. The Hall–Kier alpha value is -3.66. The van der Waals surface area contributed by atoms with Crippen molar-refractivity contribution in [3.8, 4) is 22.6 Å². The van der Waals surface area contributed by atoms with Gasteiger partial charge in [0.2, 0.25) is 0 Å². The van der Waals surface area contributed by atoms with Crippen molar-refractivity contribution in [3.63, 3.8) is 0 Å². The van der Waals surface area contributed by atoms with Gasteiger partial charge in [0, 0.05) is 28.0 Å². The first-order valence-corrected chi connectivity index (χ1v) is 11.6. The summed E-state index contributed by atoms with van der Waals surface area (Å²) in [5, 5.41) is 23.6. The lowest BCUT2D eigenvalue weighted by molar-refractivity contribution is 0.446. The first-order valence-electron chi connectivity index (χ1n) is 11.6. The van der Waals surface area contributed by atoms with E-state index in [9.17, 15) is 10.2 Å². The first kappa shape index (κ1) is 22.1. The Morgan fingerprint density at radius 1 is 0.647 bits per heavy atom. The molecule has 0 bridgehead atoms. The number of benzene rings is 4. The number of aromatic nitrogens is 2. The molecule has 0 aliphatic heterocycles. The van der Waals surface area contributed by atoms with E-state index in [-0.39, 0.29) is 16.6 Å². The van der Waals surface area contributed by atoms with E-state index in [0.717, 1.165) is 44.2 Å². The van der Waals surface area contributed by atoms with E-state index in [1.165, 1.54) is 0 Å². The molecule has 0 fully saturated rings. The fourth-order valence-electron chi connectivity index (χ4n) is 4.51. The highest BCUT2D eigenvalue weighted by Gasteiger charge is 2.25. The van der Waals surface area contributed by atoms with Crippen LogP contribution in [-0.2, 0) is 10.8 Å². The lowest BCUT2D eigenvalue weighted by atomic mass is 9.78. The fourth-order valence-corrected chi connectivity index (χ4v) is 4.51. The van der Waals surface area contributed by atoms with Crippen LogP contribution < -0.4 is 0 Å². The monoisotopic (exact) mass is 450 g/mol. The second kappa shape index (κ2) is 7.42. The molecular weight excluding hydrogens is 420 g/mol. The number of rotatable bonds is 1. The van der Waals surface area contributed by atoms with Crippen molar-refractivity contribution in [2.24, 2.45) is 0 Å². The minimum absolute atomic E-state index is 0.0747. The van der Waals surface area contributed by atoms with Crippen molar-refractivity contribution in [2.45, 2.75) is 52.4 Å². The number of para-hydroxylation sites is 2. The maximum atomic E-state index is 11.4. The van der Waals surface area contributed by atoms with E-state index in [4.69, 9.17) is 9.97 Å². The maximum absolute atomic E-state index is 11.4. The highest BCUT2D eigenvalue weighted by atomic mass is 16.3. The number of hydrogen-bond donors (Lipinski definition) is 2. The molecule has 1 heterocycles. The average Bonchev–Trinajstić information content (AvgIpc) is 2.76. The number of nitrogens with zero attached hydrogens (tertiary/aromatic N) is 2. The van der Waals surface area contributed by atoms with Crippen LogP contribution in [0.4, 0.5) is 0 Å². The average molecular weight is 451 g/mol. The van der Waals surface area contributed by atoms with Crippen molar-refractivity contribution in [3.05, 3.63) is 71.8 Å². The third-order valence-electron chi connectivity index (χ3n) is 6.52. The standard InChI is InChI=1S/C30H30N2O2/c1-29(2,3)18-14-20(28(34)22(15-18)30(4,5)6)17-11-12-19-21(13-17)27-25(16-26(19)33)31-23-9-7-8-10-24(23)32-27/h7-16,33-34H,1-6H3. The summed E-state index contributed by atoms with van der Waals surface area (Å²) in [6.45, 7) is 12.9. The zero-order valence-corrected chi connectivity index (χ0v) is 20.6. The van der Waals surface area contributed by atoms with Crippen molar-refractivity contribution in [1.29, 1.82) is 0 Å². The Kier molecular flexibility index (Phi) is 4.84. The van der Waals surface area contributed by atoms with Gasteiger partial charge < -0.3 is 10.2 Å². The van der Waals surface area contributed by atoms with Gasteiger partial charge in [-0.3, -0.25) is 0 Å². The molecule has 1 aromatic heterocycles. The van der Waals surface area contributed by atoms with Crippen LogP contribution in [-0.4, -0.2) is 20.2 Å². The van der Waals surface area contributed by atoms with Gasteiger partial charge >= 0.3 is 0 Å². The molecule has 172 valence electrons. The van der Waals surface area contributed by atoms with Gasteiger partial charge in [-0.2, -0.15) is 0 Å². The van der Waals surface area contributed by atoms with Crippen molar-refractivity contribution in [1.82, 2.24) is 9.97 Å². The molecule has 2 N–H and O–H groups in total. The van der Waals surface area contributed by atoms with Crippen LogP contribution in [0.2, 0.25) is 0 Å². The number of phenolic OH excluding ortho intramolecular Hbond substituents is 2. The molecule has 0 radical (unpaired) electrons. The molecule has 0 aliphatic rings. The molecule has 0 spiro atoms. The van der Waals surface area contributed by atoms with Gasteiger partial charge in [-0.25, -0.2) is 9.97 Å². The highest BCUT2D eigenvalue weighted by molar-refractivity contribution is 6.10. The summed E-state index contributed by atoms with van der Waals surface area (Å²) >= 11 is 0. The van der Waals surface area contributed by atoms with Gasteiger partial charge in [0.15, 0.2) is 0 Å². The van der Waals surface area contributed by atoms with Crippen LogP contribution in [0.1, 0.15) is 52.7 Å². The largest absolute Gasteiger partial charge is 0.507 e. The number of hydrogen-bond acceptors (Lipinski definition) is 4. The summed E-state index contributed by atoms with van der Waals surface area (Å²) in [6, 6.07) is 19.5. The van der Waals surface area contributed by atoms with Crippen LogP contribution in [0, 0.1) is 0 Å². The Morgan fingerprint density at radius 3 is 1.97 bits per heavy atom. The van der Waals surface area contributed by atoms with Gasteiger partial charge in [0.1, 0.15) is 11.5 Å². The van der Waals surface area contributed by atoms with Gasteiger partial charge in [-0.05, 0) is 52.3 Å². The van der Waals surface area contributed by atoms with Crippen LogP contribution >= 0.6 is 0 Å². The summed E-state index contributed by atoms with van der Waals surface area (Å²) in [4.78, 5) is 9.61. The van der Waals surface area contributed by atoms with Gasteiger partial charge in [0.05, 0.1) is 22.1 Å². The van der Waals surface area contributed by atoms with Crippen LogP contribution in [0.15, 0.2) is 60.7 Å². The van der Waals surface area contributed by atoms with E-state index in [2.05, 4.69) is 53.7 Å². The fraction of sp³-hybridized carbons (Fsp3) is 0.267. The van der Waals surface area contributed by atoms with Crippen molar-refractivity contribution in [2.75, 3.05) is 0 Å². The normalized spacial score (nSPS) is 12.6. The zero-order chi connectivity index (χ0) is 24.4. The number of phenols is 2. The lowest BCUT2D eigenvalue weighted by Gasteiger charge is -2.27. The Labute approximate surface area is 199 Å². The molecule has 0 aliphatic carbocycles. The Balaban J connectivity index is 1.84. The highest BCUT2D eigenvalue weighted by Crippen LogP contribution is 2.43. The molecule has 4 nitrogen and oxygen atoms in total. The molecule has 0 atom stereocenters. The molecule has 0 saturated heterocycles. The molecule has 4 aromatic carbocycles. The van der Waals surface area contributed by atoms with Crippen LogP contribution in [0.5, 0.6) is 11.5 Å². The number of aromatic hydroxyl groups is 2. The van der Waals surface area contributed by atoms with Gasteiger partial charge in [-0.15, -0.1) is 0 Å². The SMILES string of the molecule is CC(C)(C)c1cc(-c2ccc3c(O)cc4nc5ccccc5nc4c3c2)c(O)c(C(C)(C)C)c1. The van der Waals surface area contributed by atoms with Crippen molar-refractivity contribution >= 4 is 32.8 Å². The zero-order valence-electron chi connectivity index (χ0n) is 20.6. The predicted molar refractivity (Wildman–Crippen MR) is 141 cm³/mol. The van der Waals surface area contributed by atoms with E-state index in [0.29, 0.717) is 16.7 Å². The molecule has 4 heteroatoms. The summed E-state index contributed by atoms with van der Waals surface area (Å²) < 4.78 is 0. The third kappa shape index (κ3) is 3.63. The Morgan fingerprint density at radius 2 is 1.32 bits per heavy atom. The number of fused-ring (bicyclic) bond motifs is 4. The predicted octanol–water partition coefficient (Wildman–Crippen LogP) is 7.61. The van der Waals surface area contributed by atoms with E-state index in [1.54, 1.807) is 6.07 Å². The molecule has 34 heavy (non-hydrogen) atoms. The smallest absolute Gasteiger partial charge is 0.127 e. The van der Waals surface area contributed by atoms with E-state index >= 15 is 0 Å². The minimum Gasteiger partial charge on any atom is -0.507 e. The first-order chi connectivity index (χ1) is 15.9. The van der Waals surface area contributed by atoms with E-state index in [1.807, 2.05) is 42.5 Å². The molecule has 0 amide bonds. The molecule has 0 saturated carbocycles. The summed E-state index contributed by atoms with van der Waals surface area (Å²) in [5.41, 5.74) is 6.42. The second-order valence-electron chi connectivity index (χ2n) is 11.2. The van der Waals surface area contributed by atoms with Crippen molar-refractivity contribution < 1.29 is 10.2 Å². The Bertz CT molecular complexity index is 1590. The van der Waals surface area contributed by atoms with Gasteiger partial charge in [0.25, 0.3) is 0 Å². The summed E-state index contributed by atoms with van der Waals surface area (Å²) in [7, 11) is 0. The quantitative estimate of drug-likeness (QED) is 0.204. The maximum Gasteiger partial charge on any atom is 0.127 e. The van der Waals surface area contributed by atoms with Crippen LogP contribution in [0.3, 0.4) is 0 Å². The molecule has 0 unspecified atom stereocenters.